The minimum Gasteiger partial charge on any atom is -0.311 e. The topological polar surface area (TPSA) is 40.7 Å². The molecule has 0 radical (unpaired) electrons. The van der Waals surface area contributed by atoms with Gasteiger partial charge in [-0.1, -0.05) is 25.7 Å². The van der Waals surface area contributed by atoms with Crippen LogP contribution in [0, 0.1) is 5.92 Å². The molecule has 2 aliphatic rings. The molecule has 1 aromatic heterocycles. The van der Waals surface area contributed by atoms with Crippen LogP contribution in [0.15, 0.2) is 0 Å². The first kappa shape index (κ1) is 9.40. The molecule has 0 saturated heterocycles. The standard InChI is InChI=1S/C12H19N3/c1-2-4-9(3-1)7-11-10-5-6-13-8-12(10)15-14-11/h9,13H,1-8H2,(H,14,15). The number of nitrogens with one attached hydrogen (secondary N) is 2. The summed E-state index contributed by atoms with van der Waals surface area (Å²) < 4.78 is 0. The van der Waals surface area contributed by atoms with Crippen molar-refractivity contribution in [3.8, 4) is 0 Å². The van der Waals surface area contributed by atoms with Gasteiger partial charge in [0, 0.05) is 6.54 Å². The van der Waals surface area contributed by atoms with Gasteiger partial charge < -0.3 is 5.32 Å². The van der Waals surface area contributed by atoms with Crippen molar-refractivity contribution in [2.45, 2.75) is 45.1 Å². The van der Waals surface area contributed by atoms with Crippen molar-refractivity contribution in [2.75, 3.05) is 6.54 Å². The van der Waals surface area contributed by atoms with Gasteiger partial charge in [-0.15, -0.1) is 0 Å². The van der Waals surface area contributed by atoms with Crippen LogP contribution >= 0.6 is 0 Å². The number of aromatic nitrogens is 2. The molecule has 1 fully saturated rings. The van der Waals surface area contributed by atoms with Crippen LogP contribution in [-0.2, 0) is 19.4 Å². The van der Waals surface area contributed by atoms with Gasteiger partial charge in [0.2, 0.25) is 0 Å². The normalized spacial score (nSPS) is 21.9. The molecule has 0 atom stereocenters. The van der Waals surface area contributed by atoms with Gasteiger partial charge in [0.15, 0.2) is 0 Å². The fourth-order valence-corrected chi connectivity index (χ4v) is 2.97. The molecule has 1 aromatic rings. The number of rotatable bonds is 2. The molecule has 0 unspecified atom stereocenters. The molecule has 3 heteroatoms. The molecular formula is C12H19N3. The summed E-state index contributed by atoms with van der Waals surface area (Å²) >= 11 is 0. The molecular weight excluding hydrogens is 186 g/mol. The molecule has 1 saturated carbocycles. The highest BCUT2D eigenvalue weighted by Gasteiger charge is 2.21. The maximum atomic E-state index is 4.50. The minimum absolute atomic E-state index is 0.910. The Balaban J connectivity index is 1.76. The Labute approximate surface area is 90.7 Å². The molecule has 1 aliphatic heterocycles. The van der Waals surface area contributed by atoms with Crippen LogP contribution in [0.2, 0.25) is 0 Å². The third kappa shape index (κ3) is 1.81. The second-order valence-corrected chi connectivity index (χ2v) is 4.91. The Hall–Kier alpha value is -0.830. The summed E-state index contributed by atoms with van der Waals surface area (Å²) in [5.74, 6) is 0.910. The van der Waals surface area contributed by atoms with Crippen LogP contribution in [0.1, 0.15) is 42.6 Å². The minimum atomic E-state index is 0.910. The highest BCUT2D eigenvalue weighted by Crippen LogP contribution is 2.29. The fraction of sp³-hybridized carbons (Fsp3) is 0.750. The summed E-state index contributed by atoms with van der Waals surface area (Å²) in [6.07, 6.45) is 8.07. The Morgan fingerprint density at radius 3 is 3.00 bits per heavy atom. The van der Waals surface area contributed by atoms with Gasteiger partial charge in [-0.25, -0.2) is 0 Å². The zero-order valence-corrected chi connectivity index (χ0v) is 9.18. The van der Waals surface area contributed by atoms with Crippen molar-refractivity contribution >= 4 is 0 Å². The second kappa shape index (κ2) is 3.97. The fourth-order valence-electron chi connectivity index (χ4n) is 2.97. The Morgan fingerprint density at radius 1 is 1.27 bits per heavy atom. The Bertz CT molecular complexity index is 337. The number of nitrogens with zero attached hydrogens (tertiary/aromatic N) is 1. The van der Waals surface area contributed by atoms with Crippen molar-refractivity contribution in [1.82, 2.24) is 15.5 Å². The highest BCUT2D eigenvalue weighted by molar-refractivity contribution is 5.28. The molecule has 0 bridgehead atoms. The third-order valence-electron chi connectivity index (χ3n) is 3.85. The molecule has 2 N–H and O–H groups in total. The van der Waals surface area contributed by atoms with E-state index in [1.807, 2.05) is 0 Å². The summed E-state index contributed by atoms with van der Waals surface area (Å²) in [7, 11) is 0. The first-order valence-electron chi connectivity index (χ1n) is 6.19. The predicted molar refractivity (Wildman–Crippen MR) is 59.7 cm³/mol. The van der Waals surface area contributed by atoms with E-state index in [2.05, 4.69) is 15.5 Å². The van der Waals surface area contributed by atoms with Crippen LogP contribution in [-0.4, -0.2) is 16.7 Å². The highest BCUT2D eigenvalue weighted by atomic mass is 15.1. The van der Waals surface area contributed by atoms with Crippen LogP contribution in [0.5, 0.6) is 0 Å². The van der Waals surface area contributed by atoms with Crippen LogP contribution in [0.4, 0.5) is 0 Å². The van der Waals surface area contributed by atoms with E-state index in [0.717, 1.165) is 25.4 Å². The quantitative estimate of drug-likeness (QED) is 0.772. The summed E-state index contributed by atoms with van der Waals surface area (Å²) in [6, 6.07) is 0. The van der Waals surface area contributed by atoms with Crippen LogP contribution in [0.3, 0.4) is 0 Å². The van der Waals surface area contributed by atoms with E-state index in [-0.39, 0.29) is 0 Å². The van der Waals surface area contributed by atoms with E-state index < -0.39 is 0 Å². The molecule has 1 aliphatic carbocycles. The lowest BCUT2D eigenvalue weighted by Crippen LogP contribution is -2.23. The van der Waals surface area contributed by atoms with Crippen molar-refractivity contribution in [3.63, 3.8) is 0 Å². The molecule has 0 aromatic carbocycles. The van der Waals surface area contributed by atoms with Crippen molar-refractivity contribution < 1.29 is 0 Å². The number of H-pyrrole nitrogens is 1. The first-order valence-corrected chi connectivity index (χ1v) is 6.19. The summed E-state index contributed by atoms with van der Waals surface area (Å²) in [6.45, 7) is 2.09. The lowest BCUT2D eigenvalue weighted by Gasteiger charge is -2.14. The molecule has 15 heavy (non-hydrogen) atoms. The number of hydrogen-bond donors (Lipinski definition) is 2. The zero-order chi connectivity index (χ0) is 10.1. The summed E-state index contributed by atoms with van der Waals surface area (Å²) in [5, 5.41) is 11.1. The molecule has 82 valence electrons. The monoisotopic (exact) mass is 205 g/mol. The van der Waals surface area contributed by atoms with E-state index in [4.69, 9.17) is 0 Å². The lowest BCUT2D eigenvalue weighted by molar-refractivity contribution is 0.534. The van der Waals surface area contributed by atoms with Gasteiger partial charge in [-0.3, -0.25) is 5.10 Å². The van der Waals surface area contributed by atoms with Crippen LogP contribution < -0.4 is 5.32 Å². The lowest BCUT2D eigenvalue weighted by atomic mass is 9.96. The van der Waals surface area contributed by atoms with Gasteiger partial charge in [-0.05, 0) is 30.9 Å². The van der Waals surface area contributed by atoms with E-state index in [0.29, 0.717) is 0 Å². The Kier molecular flexibility index (Phi) is 2.49. The largest absolute Gasteiger partial charge is 0.311 e. The van der Waals surface area contributed by atoms with Gasteiger partial charge >= 0.3 is 0 Å². The molecule has 3 nitrogen and oxygen atoms in total. The average Bonchev–Trinajstić information content (AvgIpc) is 2.89. The SMILES string of the molecule is C1CCC(Cc2n[nH]c3c2CCNC3)C1. The molecule has 3 rings (SSSR count). The Morgan fingerprint density at radius 2 is 2.13 bits per heavy atom. The second-order valence-electron chi connectivity index (χ2n) is 4.91. The average molecular weight is 205 g/mol. The van der Waals surface area contributed by atoms with Gasteiger partial charge in [0.1, 0.15) is 0 Å². The molecule has 0 spiro atoms. The maximum Gasteiger partial charge on any atom is 0.0660 e. The summed E-state index contributed by atoms with van der Waals surface area (Å²) in [5.41, 5.74) is 4.20. The third-order valence-corrected chi connectivity index (χ3v) is 3.85. The number of fused-ring (bicyclic) bond motifs is 1. The molecule has 2 heterocycles. The van der Waals surface area contributed by atoms with Crippen molar-refractivity contribution in [2.24, 2.45) is 5.92 Å². The van der Waals surface area contributed by atoms with E-state index in [1.165, 1.54) is 49.1 Å². The smallest absolute Gasteiger partial charge is 0.0660 e. The van der Waals surface area contributed by atoms with Gasteiger partial charge in [0.05, 0.1) is 11.4 Å². The van der Waals surface area contributed by atoms with Gasteiger partial charge in [-0.2, -0.15) is 5.10 Å². The van der Waals surface area contributed by atoms with E-state index in [1.54, 1.807) is 0 Å². The zero-order valence-electron chi connectivity index (χ0n) is 9.18. The number of hydrogen-bond acceptors (Lipinski definition) is 2. The predicted octanol–water partition coefficient (Wildman–Crippen LogP) is 1.79. The van der Waals surface area contributed by atoms with E-state index >= 15 is 0 Å². The van der Waals surface area contributed by atoms with Crippen molar-refractivity contribution in [1.29, 1.82) is 0 Å². The van der Waals surface area contributed by atoms with E-state index in [9.17, 15) is 0 Å². The number of aromatic amines is 1. The summed E-state index contributed by atoms with van der Waals surface area (Å²) in [4.78, 5) is 0. The maximum absolute atomic E-state index is 4.50. The van der Waals surface area contributed by atoms with Gasteiger partial charge in [0.25, 0.3) is 0 Å². The van der Waals surface area contributed by atoms with Crippen molar-refractivity contribution in [3.05, 3.63) is 17.0 Å². The molecule has 0 amide bonds. The van der Waals surface area contributed by atoms with Crippen LogP contribution in [0.25, 0.3) is 0 Å². The first-order chi connectivity index (χ1) is 7.43.